The van der Waals surface area contributed by atoms with Gasteiger partial charge >= 0.3 is 5.97 Å². The number of anilines is 2. The molecule has 1 aliphatic heterocycles. The number of rotatable bonds is 18. The molecule has 358 valence electrons. The molecule has 4 rings (SSSR count). The number of imide groups is 1. The second-order valence-electron chi connectivity index (χ2n) is 14.4. The Balaban J connectivity index is 0.000000458. The SMILES string of the molecule is C#CC(C)Oc1cc(N2C(=O)C3=C(CCCC3)C2=O)c(F)cc1Cl.C=CCN(CC=C)C(=O)C(Cl)Cl.CCOCN(C(=O)CCl)c1c(C)cccc1CC.CP(=O)(O)CCC(N)C(=O)O. The summed E-state index contributed by atoms with van der Waals surface area (Å²) in [4.78, 5) is 70.1. The maximum absolute atomic E-state index is 14.4. The largest absolute Gasteiger partial charge is 0.480 e. The number of para-hydroxylation sites is 1. The quantitative estimate of drug-likeness (QED) is 0.0324. The number of nitrogens with two attached hydrogens (primary N) is 1. The van der Waals surface area contributed by atoms with Crippen LogP contribution in [0.1, 0.15) is 64.0 Å². The summed E-state index contributed by atoms with van der Waals surface area (Å²) < 4.78 is 35.8. The monoisotopic (exact) mass is 1000 g/mol. The highest BCUT2D eigenvalue weighted by molar-refractivity contribution is 7.57. The van der Waals surface area contributed by atoms with Crippen molar-refractivity contribution >= 4 is 94.7 Å². The average Bonchev–Trinajstić information content (AvgIpc) is 3.52. The molecular formula is C45H58Cl4FN4O10P. The summed E-state index contributed by atoms with van der Waals surface area (Å²) in [5, 5.41) is 8.31. The molecule has 20 heteroatoms. The van der Waals surface area contributed by atoms with E-state index in [4.69, 9.17) is 78.0 Å². The van der Waals surface area contributed by atoms with Gasteiger partial charge in [0.2, 0.25) is 5.91 Å². The van der Waals surface area contributed by atoms with Crippen LogP contribution in [0.4, 0.5) is 15.8 Å². The highest BCUT2D eigenvalue weighted by Crippen LogP contribution is 2.40. The van der Waals surface area contributed by atoms with Gasteiger partial charge in [-0.2, -0.15) is 0 Å². The van der Waals surface area contributed by atoms with E-state index < -0.39 is 48.0 Å². The van der Waals surface area contributed by atoms with E-state index in [1.807, 2.05) is 32.0 Å². The van der Waals surface area contributed by atoms with E-state index in [1.165, 1.54) is 17.6 Å². The minimum atomic E-state index is -3.10. The normalized spacial score (nSPS) is 14.7. The Morgan fingerprint density at radius 1 is 1.09 bits per heavy atom. The van der Waals surface area contributed by atoms with Gasteiger partial charge in [0.15, 0.2) is 18.3 Å². The maximum atomic E-state index is 14.4. The van der Waals surface area contributed by atoms with Gasteiger partial charge in [0.25, 0.3) is 17.7 Å². The zero-order valence-electron chi connectivity index (χ0n) is 37.2. The molecule has 0 radical (unpaired) electrons. The summed E-state index contributed by atoms with van der Waals surface area (Å²) in [5.41, 5.74) is 9.03. The van der Waals surface area contributed by atoms with Crippen LogP contribution in [-0.4, -0.2) is 107 Å². The molecule has 3 unspecified atom stereocenters. The van der Waals surface area contributed by atoms with E-state index in [2.05, 4.69) is 26.0 Å². The van der Waals surface area contributed by atoms with Crippen molar-refractivity contribution in [2.24, 2.45) is 5.73 Å². The molecule has 4 amide bonds. The molecule has 1 aliphatic carbocycles. The first-order valence-electron chi connectivity index (χ1n) is 20.4. The molecule has 1 heterocycles. The fraction of sp³-hybridized carbons (Fsp3) is 0.444. The van der Waals surface area contributed by atoms with Gasteiger partial charge in [-0.3, -0.25) is 33.4 Å². The van der Waals surface area contributed by atoms with E-state index in [0.29, 0.717) is 43.7 Å². The number of carboxylic acid groups (broad SMARTS) is 1. The number of ether oxygens (including phenoxy) is 2. The van der Waals surface area contributed by atoms with Crippen LogP contribution in [0.5, 0.6) is 5.75 Å². The van der Waals surface area contributed by atoms with Crippen molar-refractivity contribution in [3.63, 3.8) is 0 Å². The minimum Gasteiger partial charge on any atom is -0.480 e. The molecule has 2 aromatic carbocycles. The van der Waals surface area contributed by atoms with Crippen molar-refractivity contribution in [3.05, 3.63) is 88.8 Å². The van der Waals surface area contributed by atoms with Gasteiger partial charge < -0.3 is 30.1 Å². The molecule has 0 saturated heterocycles. The zero-order chi connectivity index (χ0) is 49.6. The fourth-order valence-electron chi connectivity index (χ4n) is 6.08. The number of amides is 4. The molecule has 3 atom stereocenters. The number of hydrogen-bond acceptors (Lipinski definition) is 9. The summed E-state index contributed by atoms with van der Waals surface area (Å²) in [6, 6.07) is 7.27. The number of carbonyl (C=O) groups is 5. The number of nitrogens with zero attached hydrogens (tertiary/aromatic N) is 3. The van der Waals surface area contributed by atoms with E-state index in [1.54, 1.807) is 24.0 Å². The molecule has 0 saturated carbocycles. The van der Waals surface area contributed by atoms with Crippen molar-refractivity contribution in [1.82, 2.24) is 4.90 Å². The van der Waals surface area contributed by atoms with E-state index in [-0.39, 0.29) is 53.5 Å². The average molecular weight is 1010 g/mol. The molecule has 0 fully saturated rings. The standard InChI is InChI=1S/C18H15ClFNO3.C14H20ClNO2.C8H11Cl2NO.C5H12NO4P/c1-3-10(2)24-16-9-15(14(20)8-13(16)19)21-17(22)11-6-4-5-7-12(11)18(21)23;1-4-12-8-6-7-11(3)14(12)16(10-18-5-2)13(17)9-15;1-3-5-11(6-4-2)8(12)7(9)10;1-11(9,10)3-2-4(6)5(7)8/h1,8-10H,4-7H2,2H3;6-8H,4-5,9-10H2,1-3H3;3-4,7H,1-2,5-6H2;4H,2-3,6H2,1H3,(H,7,8)(H,9,10). The Morgan fingerprint density at radius 3 is 2.11 bits per heavy atom. The van der Waals surface area contributed by atoms with E-state index >= 15 is 0 Å². The molecule has 14 nitrogen and oxygen atoms in total. The highest BCUT2D eigenvalue weighted by atomic mass is 35.5. The van der Waals surface area contributed by atoms with Crippen LogP contribution >= 0.6 is 53.8 Å². The van der Waals surface area contributed by atoms with Crippen molar-refractivity contribution in [2.75, 3.05) is 54.9 Å². The van der Waals surface area contributed by atoms with Gasteiger partial charge in [0.05, 0.1) is 16.4 Å². The summed E-state index contributed by atoms with van der Waals surface area (Å²) in [6.07, 6.45) is 11.6. The van der Waals surface area contributed by atoms with Crippen LogP contribution in [0.2, 0.25) is 5.02 Å². The topological polar surface area (TPSA) is 197 Å². The summed E-state index contributed by atoms with van der Waals surface area (Å²) in [6.45, 7) is 17.5. The number of benzene rings is 2. The molecule has 0 bridgehead atoms. The second kappa shape index (κ2) is 29.4. The summed E-state index contributed by atoms with van der Waals surface area (Å²) in [5.74, 6) is -0.822. The predicted octanol–water partition coefficient (Wildman–Crippen LogP) is 8.43. The third-order valence-corrected chi connectivity index (χ3v) is 11.3. The number of halogens is 5. The van der Waals surface area contributed by atoms with Gasteiger partial charge in [-0.25, -0.2) is 9.29 Å². The number of aliphatic carboxylic acids is 1. The smallest absolute Gasteiger partial charge is 0.320 e. The molecule has 0 spiro atoms. The highest BCUT2D eigenvalue weighted by Gasteiger charge is 2.41. The lowest BCUT2D eigenvalue weighted by Crippen LogP contribution is -2.35. The minimum absolute atomic E-state index is 0.0233. The Bertz CT molecular complexity index is 2090. The van der Waals surface area contributed by atoms with Crippen molar-refractivity contribution < 1.29 is 52.4 Å². The van der Waals surface area contributed by atoms with Crippen LogP contribution in [-0.2, 0) is 39.7 Å². The zero-order valence-corrected chi connectivity index (χ0v) is 41.1. The number of aryl methyl sites for hydroxylation is 2. The number of hydrogen-bond donors (Lipinski definition) is 3. The second-order valence-corrected chi connectivity index (χ2v) is 18.7. The van der Waals surface area contributed by atoms with Crippen molar-refractivity contribution in [1.29, 1.82) is 0 Å². The first-order valence-corrected chi connectivity index (χ1v) is 24.4. The van der Waals surface area contributed by atoms with Gasteiger partial charge in [-0.05, 0) is 76.5 Å². The molecule has 2 aliphatic rings. The Morgan fingerprint density at radius 2 is 1.66 bits per heavy atom. The molecule has 0 aromatic heterocycles. The Kier molecular flexibility index (Phi) is 26.6. The van der Waals surface area contributed by atoms with Gasteiger partial charge in [-0.15, -0.1) is 31.2 Å². The molecule has 65 heavy (non-hydrogen) atoms. The van der Waals surface area contributed by atoms with Crippen LogP contribution in [0.25, 0.3) is 0 Å². The molecule has 2 aromatic rings. The summed E-state index contributed by atoms with van der Waals surface area (Å²) >= 11 is 22.4. The lowest BCUT2D eigenvalue weighted by atomic mass is 9.93. The number of terminal acetylenes is 1. The third-order valence-electron chi connectivity index (χ3n) is 9.35. The number of carboxylic acids is 1. The fourth-order valence-corrected chi connectivity index (χ4v) is 7.45. The van der Waals surface area contributed by atoms with E-state index in [0.717, 1.165) is 47.0 Å². The Hall–Kier alpha value is -4.23. The number of carbonyl (C=O) groups excluding carboxylic acids is 4. The lowest BCUT2D eigenvalue weighted by Gasteiger charge is -2.25. The van der Waals surface area contributed by atoms with Crippen LogP contribution < -0.4 is 20.3 Å². The molecular weight excluding hydrogens is 948 g/mol. The van der Waals surface area contributed by atoms with Crippen molar-refractivity contribution in [2.45, 2.75) is 83.2 Å². The van der Waals surface area contributed by atoms with Gasteiger partial charge in [0.1, 0.15) is 30.2 Å². The summed E-state index contributed by atoms with van der Waals surface area (Å²) in [7, 11) is -3.10. The van der Waals surface area contributed by atoms with Gasteiger partial charge in [-0.1, -0.05) is 78.0 Å². The Labute approximate surface area is 400 Å². The third kappa shape index (κ3) is 18.9. The van der Waals surface area contributed by atoms with E-state index in [9.17, 15) is 32.9 Å². The lowest BCUT2D eigenvalue weighted by molar-refractivity contribution is -0.138. The maximum Gasteiger partial charge on any atom is 0.320 e. The number of alkyl halides is 3. The van der Waals surface area contributed by atoms with Crippen LogP contribution in [0, 0.1) is 25.1 Å². The van der Waals surface area contributed by atoms with Crippen LogP contribution in [0.15, 0.2) is 66.8 Å². The first kappa shape index (κ1) is 58.8. The first-order chi connectivity index (χ1) is 30.5. The predicted molar refractivity (Wildman–Crippen MR) is 257 cm³/mol. The van der Waals surface area contributed by atoms with Crippen LogP contribution in [0.3, 0.4) is 0 Å². The molecule has 4 N–H and O–H groups in total. The van der Waals surface area contributed by atoms with Crippen molar-refractivity contribution in [3.8, 4) is 18.1 Å². The van der Waals surface area contributed by atoms with Gasteiger partial charge in [0, 0.05) is 49.7 Å².